The Kier molecular flexibility index (Phi) is 9.19. The summed E-state index contributed by atoms with van der Waals surface area (Å²) in [5.41, 5.74) is 3.79. The minimum atomic E-state index is -4.81. The van der Waals surface area contributed by atoms with Gasteiger partial charge >= 0.3 is 12.4 Å². The van der Waals surface area contributed by atoms with E-state index in [2.05, 4.69) is 0 Å². The number of aryl methyl sites for hydroxylation is 2. The molecular weight excluding hydrogens is 757 g/mol. The number of halogens is 6. The third-order valence-corrected chi connectivity index (χ3v) is 10.6. The maximum Gasteiger partial charge on any atom is 0.417 e. The number of benzene rings is 7. The van der Waals surface area contributed by atoms with Crippen LogP contribution in [-0.4, -0.2) is 14.5 Å². The molecular formula is C50H33F6N3. The van der Waals surface area contributed by atoms with Crippen molar-refractivity contribution in [2.24, 2.45) is 0 Å². The summed E-state index contributed by atoms with van der Waals surface area (Å²) in [5.74, 6) is 0.341. The monoisotopic (exact) mass is 789 g/mol. The quantitative estimate of drug-likeness (QED) is 0.157. The Hall–Kier alpha value is -7.00. The molecule has 9 rings (SSSR count). The Morgan fingerprint density at radius 2 is 0.831 bits per heavy atom. The van der Waals surface area contributed by atoms with Gasteiger partial charge in [-0.25, -0.2) is 9.97 Å². The zero-order chi connectivity index (χ0) is 41.1. The van der Waals surface area contributed by atoms with E-state index >= 15 is 26.3 Å². The second kappa shape index (κ2) is 14.4. The first-order chi connectivity index (χ1) is 28.3. The Morgan fingerprint density at radius 1 is 0.407 bits per heavy atom. The van der Waals surface area contributed by atoms with Crippen molar-refractivity contribution in [3.8, 4) is 61.8 Å². The van der Waals surface area contributed by atoms with Crippen molar-refractivity contribution in [2.75, 3.05) is 0 Å². The summed E-state index contributed by atoms with van der Waals surface area (Å²) < 4.78 is 92.9. The molecule has 0 aliphatic carbocycles. The Morgan fingerprint density at radius 3 is 1.31 bits per heavy atom. The van der Waals surface area contributed by atoms with Gasteiger partial charge in [0.1, 0.15) is 0 Å². The van der Waals surface area contributed by atoms with Crippen LogP contribution in [0.4, 0.5) is 26.3 Å². The van der Waals surface area contributed by atoms with Crippen LogP contribution in [0.15, 0.2) is 164 Å². The topological polar surface area (TPSA) is 30.7 Å². The first-order valence-electron chi connectivity index (χ1n) is 18.9. The summed E-state index contributed by atoms with van der Waals surface area (Å²) in [6.07, 6.45) is -9.61. The Bertz CT molecular complexity index is 2840. The van der Waals surface area contributed by atoms with Crippen molar-refractivity contribution >= 4 is 21.8 Å². The lowest BCUT2D eigenvalue weighted by Gasteiger charge is -2.24. The van der Waals surface area contributed by atoms with Gasteiger partial charge in [0.25, 0.3) is 0 Å². The van der Waals surface area contributed by atoms with Crippen LogP contribution in [0.25, 0.3) is 83.6 Å². The highest BCUT2D eigenvalue weighted by Gasteiger charge is 2.37. The lowest BCUT2D eigenvalue weighted by Crippen LogP contribution is -2.11. The van der Waals surface area contributed by atoms with Gasteiger partial charge in [-0.1, -0.05) is 120 Å². The van der Waals surface area contributed by atoms with Crippen molar-refractivity contribution in [1.82, 2.24) is 14.5 Å². The number of fused-ring (bicyclic) bond motifs is 3. The van der Waals surface area contributed by atoms with Crippen LogP contribution in [0.2, 0.25) is 0 Å². The summed E-state index contributed by atoms with van der Waals surface area (Å²) in [5, 5.41) is 1.63. The number of hydrogen-bond donors (Lipinski definition) is 0. The van der Waals surface area contributed by atoms with E-state index in [4.69, 9.17) is 9.97 Å². The molecule has 7 aromatic carbocycles. The first kappa shape index (κ1) is 37.6. The minimum absolute atomic E-state index is 0.0727. The third-order valence-electron chi connectivity index (χ3n) is 10.6. The SMILES string of the molecule is Cc1ccc2c(c1)c1cc(C)ccc1n2-c1c(-c2ccccc2C(F)(F)F)cc(-c2cc(-c3ccccc3)nc(-c3ccccc3)n2)cc1-c1ccccc1C(F)(F)F. The second-order valence-corrected chi connectivity index (χ2v) is 14.6. The Labute approximate surface area is 335 Å². The zero-order valence-corrected chi connectivity index (χ0v) is 31.7. The van der Waals surface area contributed by atoms with Crippen LogP contribution in [0.3, 0.4) is 0 Å². The molecule has 0 amide bonds. The average Bonchev–Trinajstić information content (AvgIpc) is 3.55. The van der Waals surface area contributed by atoms with Crippen LogP contribution in [0.1, 0.15) is 22.3 Å². The summed E-state index contributed by atoms with van der Waals surface area (Å²) in [6.45, 7) is 3.89. The van der Waals surface area contributed by atoms with E-state index in [1.54, 1.807) is 18.2 Å². The van der Waals surface area contributed by atoms with Gasteiger partial charge in [-0.3, -0.25) is 0 Å². The Balaban J connectivity index is 1.49. The van der Waals surface area contributed by atoms with E-state index in [1.165, 1.54) is 36.4 Å². The molecule has 0 saturated carbocycles. The lowest BCUT2D eigenvalue weighted by atomic mass is 9.88. The molecule has 0 N–H and O–H groups in total. The highest BCUT2D eigenvalue weighted by atomic mass is 19.4. The minimum Gasteiger partial charge on any atom is -0.308 e. The van der Waals surface area contributed by atoms with Gasteiger partial charge in [-0.2, -0.15) is 26.3 Å². The van der Waals surface area contributed by atoms with Crippen LogP contribution >= 0.6 is 0 Å². The molecule has 0 bridgehead atoms. The maximum absolute atomic E-state index is 15.2. The fourth-order valence-electron chi connectivity index (χ4n) is 7.92. The normalized spacial score (nSPS) is 12.1. The highest BCUT2D eigenvalue weighted by Crippen LogP contribution is 2.49. The molecule has 0 spiro atoms. The molecule has 0 atom stereocenters. The maximum atomic E-state index is 15.2. The van der Waals surface area contributed by atoms with E-state index < -0.39 is 23.5 Å². The average molecular weight is 790 g/mol. The summed E-state index contributed by atoms with van der Waals surface area (Å²) in [4.78, 5) is 9.84. The molecule has 0 aliphatic heterocycles. The molecule has 59 heavy (non-hydrogen) atoms. The molecule has 9 heteroatoms. The van der Waals surface area contributed by atoms with E-state index in [9.17, 15) is 0 Å². The number of aromatic nitrogens is 3. The fraction of sp³-hybridized carbons (Fsp3) is 0.0800. The number of nitrogens with zero attached hydrogens (tertiary/aromatic N) is 3. The molecule has 0 fully saturated rings. The molecule has 3 nitrogen and oxygen atoms in total. The zero-order valence-electron chi connectivity index (χ0n) is 31.7. The van der Waals surface area contributed by atoms with E-state index in [-0.39, 0.29) is 27.9 Å². The second-order valence-electron chi connectivity index (χ2n) is 14.6. The van der Waals surface area contributed by atoms with E-state index in [0.717, 1.165) is 39.6 Å². The van der Waals surface area contributed by atoms with Gasteiger partial charge in [0.15, 0.2) is 5.82 Å². The third kappa shape index (κ3) is 6.92. The number of hydrogen-bond acceptors (Lipinski definition) is 2. The molecule has 0 unspecified atom stereocenters. The molecule has 0 radical (unpaired) electrons. The largest absolute Gasteiger partial charge is 0.417 e. The lowest BCUT2D eigenvalue weighted by molar-refractivity contribution is -0.137. The van der Waals surface area contributed by atoms with Gasteiger partial charge in [0.05, 0.1) is 39.2 Å². The first-order valence-corrected chi connectivity index (χ1v) is 18.9. The fourth-order valence-corrected chi connectivity index (χ4v) is 7.92. The summed E-state index contributed by atoms with van der Waals surface area (Å²) in [6, 6.07) is 45.4. The number of rotatable bonds is 6. The van der Waals surface area contributed by atoms with Crippen molar-refractivity contribution in [3.05, 3.63) is 186 Å². The predicted molar refractivity (Wildman–Crippen MR) is 223 cm³/mol. The van der Waals surface area contributed by atoms with Gasteiger partial charge in [-0.15, -0.1) is 0 Å². The van der Waals surface area contributed by atoms with Crippen LogP contribution in [-0.2, 0) is 12.4 Å². The molecule has 2 aromatic heterocycles. The van der Waals surface area contributed by atoms with Crippen LogP contribution < -0.4 is 0 Å². The smallest absolute Gasteiger partial charge is 0.308 e. The van der Waals surface area contributed by atoms with E-state index in [1.807, 2.05) is 115 Å². The molecule has 0 aliphatic rings. The van der Waals surface area contributed by atoms with Crippen molar-refractivity contribution in [3.63, 3.8) is 0 Å². The van der Waals surface area contributed by atoms with Gasteiger partial charge < -0.3 is 4.57 Å². The standard InChI is InChI=1S/C50H33F6N3/c1-30-21-23-45-37(25-30)38-26-31(2)22-24-46(38)59(45)47-39(35-17-9-11-19-41(35)49(51,52)53)27-34(28-40(47)36-18-10-12-20-42(36)50(54,55)56)44-29-43(32-13-5-3-6-14-32)57-48(58-44)33-15-7-4-8-16-33/h3-29H,1-2H3. The molecule has 2 heterocycles. The van der Waals surface area contributed by atoms with Crippen LogP contribution in [0.5, 0.6) is 0 Å². The molecule has 9 aromatic rings. The molecule has 290 valence electrons. The summed E-state index contributed by atoms with van der Waals surface area (Å²) in [7, 11) is 0. The highest BCUT2D eigenvalue weighted by molar-refractivity contribution is 6.11. The van der Waals surface area contributed by atoms with E-state index in [0.29, 0.717) is 39.4 Å². The van der Waals surface area contributed by atoms with Crippen molar-refractivity contribution in [2.45, 2.75) is 26.2 Å². The van der Waals surface area contributed by atoms with Crippen LogP contribution in [0, 0.1) is 13.8 Å². The van der Waals surface area contributed by atoms with Gasteiger partial charge in [-0.05, 0) is 79.6 Å². The number of alkyl halides is 6. The summed E-state index contributed by atoms with van der Waals surface area (Å²) >= 11 is 0. The van der Waals surface area contributed by atoms with Crippen molar-refractivity contribution in [1.29, 1.82) is 0 Å². The van der Waals surface area contributed by atoms with Crippen molar-refractivity contribution < 1.29 is 26.3 Å². The van der Waals surface area contributed by atoms with Gasteiger partial charge in [0, 0.05) is 38.6 Å². The molecule has 0 saturated heterocycles. The van der Waals surface area contributed by atoms with Gasteiger partial charge in [0.2, 0.25) is 0 Å². The predicted octanol–water partition coefficient (Wildman–Crippen LogP) is 14.6.